The van der Waals surface area contributed by atoms with Crippen molar-refractivity contribution in [1.82, 2.24) is 9.13 Å². The molecule has 0 aliphatic heterocycles. The van der Waals surface area contributed by atoms with E-state index in [0.29, 0.717) is 21.9 Å². The van der Waals surface area contributed by atoms with Gasteiger partial charge in [-0.15, -0.1) is 11.3 Å². The minimum atomic E-state index is -0.348. The number of hydrogen-bond donors (Lipinski definition) is 0. The predicted octanol–water partition coefficient (Wildman–Crippen LogP) is 12.8. The van der Waals surface area contributed by atoms with Crippen LogP contribution in [-0.4, -0.2) is 9.13 Å². The van der Waals surface area contributed by atoms with Crippen molar-refractivity contribution in [3.05, 3.63) is 179 Å². The Morgan fingerprint density at radius 2 is 0.737 bits per heavy atom. The molecule has 7 heteroatoms. The molecule has 0 amide bonds. The van der Waals surface area contributed by atoms with E-state index in [1.165, 1.54) is 9.40 Å². The maximum absolute atomic E-state index is 13.4. The Kier molecular flexibility index (Phi) is 5.98. The smallest absolute Gasteiger partial charge is 0.344 e. The van der Waals surface area contributed by atoms with E-state index in [4.69, 9.17) is 8.83 Å². The van der Waals surface area contributed by atoms with Gasteiger partial charge in [-0.05, 0) is 83.6 Å². The van der Waals surface area contributed by atoms with Crippen LogP contribution in [0.4, 0.5) is 0 Å². The summed E-state index contributed by atoms with van der Waals surface area (Å²) in [7, 11) is 0. The minimum Gasteiger partial charge on any atom is -0.420 e. The standard InChI is InChI=1S/C50H26N2O4S/c53-49-37-13-3-1-9-29(37)35-21-19-33-31-11-5-7-15-41(31)51(45(33)47(35)55-49)27-17-23-43-39(25-27)40-26-28(18-24-44(40)57-43)52-42-16-8-6-12-32(42)34-20-22-36-30-10-2-4-14-38(30)50(54)56-48(36)46(34)52/h1-26H. The SMILES string of the molecule is O=c1oc2c(ccc3c4ccccc4n(-c4ccc5sc6ccc(-n7c8ccccc8c8ccc9c%10ccccc%10c(=O)oc9c87)cc6c5c4)c32)c2ccccc12. The second kappa shape index (κ2) is 11.1. The highest BCUT2D eigenvalue weighted by Crippen LogP contribution is 2.43. The summed E-state index contributed by atoms with van der Waals surface area (Å²) in [6.45, 7) is 0. The maximum atomic E-state index is 13.4. The van der Waals surface area contributed by atoms with Gasteiger partial charge in [0.1, 0.15) is 0 Å². The second-order valence-electron chi connectivity index (χ2n) is 14.7. The highest BCUT2D eigenvalue weighted by atomic mass is 32.1. The van der Waals surface area contributed by atoms with Crippen molar-refractivity contribution < 1.29 is 8.83 Å². The molecule has 6 nitrogen and oxygen atoms in total. The number of para-hydroxylation sites is 2. The molecule has 8 aromatic carbocycles. The normalized spacial score (nSPS) is 12.4. The third-order valence-electron chi connectivity index (χ3n) is 11.8. The van der Waals surface area contributed by atoms with Crippen molar-refractivity contribution in [3.63, 3.8) is 0 Å². The van der Waals surface area contributed by atoms with Crippen LogP contribution in [0.25, 0.3) is 119 Å². The number of hydrogen-bond acceptors (Lipinski definition) is 5. The Morgan fingerprint density at radius 1 is 0.351 bits per heavy atom. The molecular formula is C50H26N2O4S. The zero-order valence-electron chi connectivity index (χ0n) is 29.9. The van der Waals surface area contributed by atoms with Crippen LogP contribution >= 0.6 is 11.3 Å². The van der Waals surface area contributed by atoms with E-state index in [0.717, 1.165) is 87.3 Å². The van der Waals surface area contributed by atoms with Crippen molar-refractivity contribution in [2.75, 3.05) is 0 Å². The summed E-state index contributed by atoms with van der Waals surface area (Å²) in [6.07, 6.45) is 0. The highest BCUT2D eigenvalue weighted by Gasteiger charge is 2.22. The number of aromatic nitrogens is 2. The largest absolute Gasteiger partial charge is 0.420 e. The summed E-state index contributed by atoms with van der Waals surface area (Å²) < 4.78 is 19.2. The fraction of sp³-hybridized carbons (Fsp3) is 0. The first-order valence-corrected chi connectivity index (χ1v) is 19.6. The summed E-state index contributed by atoms with van der Waals surface area (Å²) in [5.41, 5.74) is 6.18. The van der Waals surface area contributed by atoms with Gasteiger partial charge < -0.3 is 18.0 Å². The molecular weight excluding hydrogens is 725 g/mol. The molecule has 0 atom stereocenters. The minimum absolute atomic E-state index is 0.348. The Hall–Kier alpha value is -7.48. The topological polar surface area (TPSA) is 70.3 Å². The molecule has 0 spiro atoms. The van der Waals surface area contributed by atoms with E-state index in [2.05, 4.69) is 118 Å². The number of benzene rings is 8. The summed E-state index contributed by atoms with van der Waals surface area (Å²) in [5.74, 6) is 0. The summed E-state index contributed by atoms with van der Waals surface area (Å²) in [4.78, 5) is 26.9. The lowest BCUT2D eigenvalue weighted by Gasteiger charge is -2.11. The first-order chi connectivity index (χ1) is 28.1. The molecule has 13 aromatic rings. The zero-order chi connectivity index (χ0) is 37.5. The summed E-state index contributed by atoms with van der Waals surface area (Å²) in [6, 6.07) is 53.7. The first kappa shape index (κ1) is 30.8. The van der Waals surface area contributed by atoms with E-state index in [1.807, 2.05) is 48.5 Å². The van der Waals surface area contributed by atoms with Crippen LogP contribution in [0.5, 0.6) is 0 Å². The third-order valence-corrected chi connectivity index (χ3v) is 12.9. The van der Waals surface area contributed by atoms with Crippen LogP contribution in [0.3, 0.4) is 0 Å². The van der Waals surface area contributed by atoms with Crippen LogP contribution < -0.4 is 11.3 Å². The van der Waals surface area contributed by atoms with Gasteiger partial charge in [0.05, 0.1) is 32.8 Å². The van der Waals surface area contributed by atoms with Gasteiger partial charge in [-0.3, -0.25) is 0 Å². The molecule has 0 aliphatic carbocycles. The van der Waals surface area contributed by atoms with Crippen molar-refractivity contribution >= 4 is 119 Å². The van der Waals surface area contributed by atoms with Crippen molar-refractivity contribution in [2.45, 2.75) is 0 Å². The van der Waals surface area contributed by atoms with Crippen LogP contribution in [-0.2, 0) is 0 Å². The quantitative estimate of drug-likeness (QED) is 0.130. The number of thiophene rings is 1. The number of rotatable bonds is 2. The number of nitrogens with zero attached hydrogens (tertiary/aromatic N) is 2. The Labute approximate surface area is 325 Å². The molecule has 13 rings (SSSR count). The van der Waals surface area contributed by atoms with Gasteiger partial charge in [-0.1, -0.05) is 84.9 Å². The molecule has 57 heavy (non-hydrogen) atoms. The fourth-order valence-corrected chi connectivity index (χ4v) is 10.4. The number of fused-ring (bicyclic) bond motifs is 17. The van der Waals surface area contributed by atoms with Crippen LogP contribution in [0.1, 0.15) is 0 Å². The Balaban J connectivity index is 1.10. The van der Waals surface area contributed by atoms with E-state index in [-0.39, 0.29) is 11.3 Å². The second-order valence-corrected chi connectivity index (χ2v) is 15.8. The van der Waals surface area contributed by atoms with Gasteiger partial charge in [-0.25, -0.2) is 9.59 Å². The van der Waals surface area contributed by atoms with Gasteiger partial charge in [-0.2, -0.15) is 0 Å². The van der Waals surface area contributed by atoms with Crippen LogP contribution in [0, 0.1) is 0 Å². The van der Waals surface area contributed by atoms with E-state index in [1.54, 1.807) is 11.3 Å². The lowest BCUT2D eigenvalue weighted by molar-refractivity contribution is 0.571. The molecule has 0 saturated heterocycles. The molecule has 0 bridgehead atoms. The van der Waals surface area contributed by atoms with Gasteiger partial charge in [0.25, 0.3) is 0 Å². The lowest BCUT2D eigenvalue weighted by Crippen LogP contribution is -2.01. The molecule has 0 unspecified atom stereocenters. The molecule has 0 saturated carbocycles. The third kappa shape index (κ3) is 4.08. The van der Waals surface area contributed by atoms with Crippen molar-refractivity contribution in [3.8, 4) is 11.4 Å². The molecule has 0 aliphatic rings. The van der Waals surface area contributed by atoms with Crippen molar-refractivity contribution in [2.24, 2.45) is 0 Å². The summed E-state index contributed by atoms with van der Waals surface area (Å²) >= 11 is 1.76. The molecule has 5 heterocycles. The first-order valence-electron chi connectivity index (χ1n) is 18.8. The van der Waals surface area contributed by atoms with E-state index in [9.17, 15) is 9.59 Å². The summed E-state index contributed by atoms with van der Waals surface area (Å²) in [5, 5.41) is 11.1. The molecule has 0 fully saturated rings. The highest BCUT2D eigenvalue weighted by molar-refractivity contribution is 7.25. The lowest BCUT2D eigenvalue weighted by atomic mass is 10.1. The van der Waals surface area contributed by atoms with Crippen LogP contribution in [0.2, 0.25) is 0 Å². The van der Waals surface area contributed by atoms with E-state index < -0.39 is 0 Å². The van der Waals surface area contributed by atoms with E-state index >= 15 is 0 Å². The van der Waals surface area contributed by atoms with Gasteiger partial charge in [0, 0.05) is 63.9 Å². The van der Waals surface area contributed by atoms with Crippen LogP contribution in [0.15, 0.2) is 176 Å². The zero-order valence-corrected chi connectivity index (χ0v) is 30.8. The Morgan fingerprint density at radius 3 is 1.19 bits per heavy atom. The van der Waals surface area contributed by atoms with Gasteiger partial charge in [0.2, 0.25) is 0 Å². The Bertz CT molecular complexity index is 3790. The molecule has 266 valence electrons. The fourth-order valence-electron chi connectivity index (χ4n) is 9.34. The van der Waals surface area contributed by atoms with Gasteiger partial charge in [0.15, 0.2) is 11.2 Å². The maximum Gasteiger partial charge on any atom is 0.344 e. The molecule has 0 N–H and O–H groups in total. The average molecular weight is 751 g/mol. The monoisotopic (exact) mass is 750 g/mol. The predicted molar refractivity (Wildman–Crippen MR) is 235 cm³/mol. The van der Waals surface area contributed by atoms with Gasteiger partial charge >= 0.3 is 11.3 Å². The van der Waals surface area contributed by atoms with Crippen molar-refractivity contribution in [1.29, 1.82) is 0 Å². The average Bonchev–Trinajstić information content (AvgIpc) is 3.91. The molecule has 0 radical (unpaired) electrons. The molecule has 5 aromatic heterocycles.